The third kappa shape index (κ3) is 5.64. The topological polar surface area (TPSA) is 39.7 Å². The molecule has 0 aliphatic heterocycles. The molecule has 0 aliphatic rings. The van der Waals surface area contributed by atoms with E-state index in [4.69, 9.17) is 12.2 Å². The summed E-state index contributed by atoms with van der Waals surface area (Å²) in [5, 5.41) is 7.94. The van der Waals surface area contributed by atoms with E-state index in [-0.39, 0.29) is 0 Å². The summed E-state index contributed by atoms with van der Waals surface area (Å²) >= 11 is 5.37. The van der Waals surface area contributed by atoms with Gasteiger partial charge in [0.15, 0.2) is 5.11 Å². The minimum absolute atomic E-state index is 0.455. The summed E-state index contributed by atoms with van der Waals surface area (Å²) in [6.07, 6.45) is 1.76. The molecule has 0 saturated carbocycles. The van der Waals surface area contributed by atoms with Crippen molar-refractivity contribution in [3.63, 3.8) is 0 Å². The maximum Gasteiger partial charge on any atom is 0.191 e. The van der Waals surface area contributed by atoms with Gasteiger partial charge >= 0.3 is 0 Å². The Morgan fingerprint density at radius 3 is 1.91 bits per heavy atom. The first-order chi connectivity index (χ1) is 16.1. The summed E-state index contributed by atoms with van der Waals surface area (Å²) in [6.45, 7) is 4.15. The van der Waals surface area contributed by atoms with Crippen molar-refractivity contribution < 1.29 is 0 Å². The molecule has 0 atom stereocenters. The molecule has 164 valence electrons. The number of hydrazone groups is 1. The van der Waals surface area contributed by atoms with E-state index in [1.807, 2.05) is 60.7 Å². The molecule has 0 unspecified atom stereocenters. The van der Waals surface area contributed by atoms with Gasteiger partial charge in [0.2, 0.25) is 0 Å². The quantitative estimate of drug-likeness (QED) is 0.187. The van der Waals surface area contributed by atoms with E-state index in [2.05, 4.69) is 77.1 Å². The Bertz CT molecular complexity index is 1200. The van der Waals surface area contributed by atoms with Crippen molar-refractivity contribution in [2.75, 3.05) is 10.2 Å². The summed E-state index contributed by atoms with van der Waals surface area (Å²) in [7, 11) is 0. The summed E-state index contributed by atoms with van der Waals surface area (Å²) < 4.78 is 0. The van der Waals surface area contributed by atoms with Crippen LogP contribution in [0.4, 0.5) is 22.7 Å². The van der Waals surface area contributed by atoms with E-state index in [9.17, 15) is 0 Å². The lowest BCUT2D eigenvalue weighted by atomic mass is 10.1. The van der Waals surface area contributed by atoms with Crippen LogP contribution in [0, 0.1) is 13.8 Å². The molecule has 33 heavy (non-hydrogen) atoms. The molecule has 0 amide bonds. The fraction of sp³-hybridized carbons (Fsp3) is 0.0714. The first-order valence-electron chi connectivity index (χ1n) is 10.8. The molecular formula is C28H26N4S. The minimum atomic E-state index is 0.455. The molecule has 0 aliphatic carbocycles. The van der Waals surface area contributed by atoms with Crippen molar-refractivity contribution in [1.29, 1.82) is 0 Å². The number of aryl methyl sites for hydroxylation is 1. The largest absolute Gasteiger partial charge is 0.331 e. The van der Waals surface area contributed by atoms with E-state index in [0.717, 1.165) is 28.3 Å². The molecule has 5 heteroatoms. The Kier molecular flexibility index (Phi) is 7.12. The Hall–Kier alpha value is -3.96. The number of hydrogen-bond acceptors (Lipinski definition) is 3. The first kappa shape index (κ1) is 22.2. The van der Waals surface area contributed by atoms with Crippen molar-refractivity contribution >= 4 is 46.3 Å². The van der Waals surface area contributed by atoms with Crippen LogP contribution >= 0.6 is 12.2 Å². The zero-order valence-corrected chi connectivity index (χ0v) is 19.5. The maximum atomic E-state index is 5.37. The molecule has 4 nitrogen and oxygen atoms in total. The van der Waals surface area contributed by atoms with E-state index in [0.29, 0.717) is 5.11 Å². The fourth-order valence-electron chi connectivity index (χ4n) is 3.51. The fourth-order valence-corrected chi connectivity index (χ4v) is 3.68. The second-order valence-corrected chi connectivity index (χ2v) is 8.08. The number of hydrogen-bond donors (Lipinski definition) is 2. The molecule has 0 fully saturated rings. The van der Waals surface area contributed by atoms with E-state index < -0.39 is 0 Å². The standard InChI is InChI=1S/C28H26N4S/c1-21-10-9-15-27(22(21)2)30-28(33)31-29-20-23-16-18-26(19-17-23)32(24-11-5-3-6-12-24)25-13-7-4-8-14-25/h3-20H,1-2H3,(H2,30,31,33). The summed E-state index contributed by atoms with van der Waals surface area (Å²) in [5.74, 6) is 0. The summed E-state index contributed by atoms with van der Waals surface area (Å²) in [4.78, 5) is 2.22. The van der Waals surface area contributed by atoms with Crippen LogP contribution in [0.25, 0.3) is 0 Å². The summed E-state index contributed by atoms with van der Waals surface area (Å²) in [5.41, 5.74) is 10.5. The third-order valence-electron chi connectivity index (χ3n) is 5.41. The van der Waals surface area contributed by atoms with Gasteiger partial charge in [-0.05, 0) is 85.2 Å². The van der Waals surface area contributed by atoms with Gasteiger partial charge in [0.05, 0.1) is 6.21 Å². The van der Waals surface area contributed by atoms with Crippen molar-refractivity contribution in [2.24, 2.45) is 5.10 Å². The zero-order valence-electron chi connectivity index (χ0n) is 18.7. The van der Waals surface area contributed by atoms with Crippen molar-refractivity contribution in [2.45, 2.75) is 13.8 Å². The van der Waals surface area contributed by atoms with Crippen LogP contribution < -0.4 is 15.6 Å². The lowest BCUT2D eigenvalue weighted by Crippen LogP contribution is -2.24. The molecule has 0 radical (unpaired) electrons. The van der Waals surface area contributed by atoms with Crippen molar-refractivity contribution in [3.8, 4) is 0 Å². The minimum Gasteiger partial charge on any atom is -0.331 e. The highest BCUT2D eigenvalue weighted by atomic mass is 32.1. The normalized spacial score (nSPS) is 10.7. The highest BCUT2D eigenvalue weighted by Gasteiger charge is 2.11. The predicted molar refractivity (Wildman–Crippen MR) is 144 cm³/mol. The average Bonchev–Trinajstić information content (AvgIpc) is 2.85. The SMILES string of the molecule is Cc1cccc(NC(=S)NN=Cc2ccc(N(c3ccccc3)c3ccccc3)cc2)c1C. The van der Waals surface area contributed by atoms with Gasteiger partial charge in [-0.2, -0.15) is 5.10 Å². The van der Waals surface area contributed by atoms with Gasteiger partial charge in [-0.15, -0.1) is 0 Å². The van der Waals surface area contributed by atoms with Crippen molar-refractivity contribution in [1.82, 2.24) is 5.43 Å². The summed E-state index contributed by atoms with van der Waals surface area (Å²) in [6, 6.07) is 35.0. The maximum absolute atomic E-state index is 5.37. The second kappa shape index (κ2) is 10.6. The van der Waals surface area contributed by atoms with Crippen LogP contribution in [-0.4, -0.2) is 11.3 Å². The molecule has 4 rings (SSSR count). The number of thiocarbonyl (C=S) groups is 1. The zero-order chi connectivity index (χ0) is 23.0. The third-order valence-corrected chi connectivity index (χ3v) is 5.61. The molecule has 0 aromatic heterocycles. The molecule has 0 heterocycles. The van der Waals surface area contributed by atoms with Crippen LogP contribution in [0.15, 0.2) is 108 Å². The van der Waals surface area contributed by atoms with Crippen LogP contribution in [0.1, 0.15) is 16.7 Å². The Balaban J connectivity index is 1.45. The monoisotopic (exact) mass is 450 g/mol. The smallest absolute Gasteiger partial charge is 0.191 e. The molecule has 4 aromatic rings. The Morgan fingerprint density at radius 1 is 0.727 bits per heavy atom. The number of nitrogens with one attached hydrogen (secondary N) is 2. The van der Waals surface area contributed by atoms with Crippen LogP contribution in [-0.2, 0) is 0 Å². The predicted octanol–water partition coefficient (Wildman–Crippen LogP) is 7.09. The molecule has 4 aromatic carbocycles. The van der Waals surface area contributed by atoms with Gasteiger partial charge in [0, 0.05) is 22.7 Å². The van der Waals surface area contributed by atoms with Crippen LogP contribution in [0.2, 0.25) is 0 Å². The van der Waals surface area contributed by atoms with Gasteiger partial charge in [-0.3, -0.25) is 5.43 Å². The molecular weight excluding hydrogens is 424 g/mol. The molecule has 0 bridgehead atoms. The number of anilines is 4. The van der Waals surface area contributed by atoms with Crippen LogP contribution in [0.3, 0.4) is 0 Å². The average molecular weight is 451 g/mol. The van der Waals surface area contributed by atoms with Gasteiger partial charge in [0.25, 0.3) is 0 Å². The number of rotatable bonds is 6. The Morgan fingerprint density at radius 2 is 1.30 bits per heavy atom. The van der Waals surface area contributed by atoms with E-state index in [1.165, 1.54) is 11.1 Å². The molecule has 2 N–H and O–H groups in total. The van der Waals surface area contributed by atoms with Crippen molar-refractivity contribution in [3.05, 3.63) is 120 Å². The molecule has 0 spiro atoms. The lowest BCUT2D eigenvalue weighted by molar-refractivity contribution is 1.05. The number of nitrogens with zero attached hydrogens (tertiary/aromatic N) is 2. The van der Waals surface area contributed by atoms with E-state index >= 15 is 0 Å². The Labute approximate surface area is 200 Å². The second-order valence-electron chi connectivity index (χ2n) is 7.67. The van der Waals surface area contributed by atoms with Gasteiger partial charge in [0.1, 0.15) is 0 Å². The van der Waals surface area contributed by atoms with Crippen LogP contribution in [0.5, 0.6) is 0 Å². The highest BCUT2D eigenvalue weighted by molar-refractivity contribution is 7.80. The van der Waals surface area contributed by atoms with Gasteiger partial charge < -0.3 is 10.2 Å². The first-order valence-corrected chi connectivity index (χ1v) is 11.2. The van der Waals surface area contributed by atoms with Gasteiger partial charge in [-0.25, -0.2) is 0 Å². The lowest BCUT2D eigenvalue weighted by Gasteiger charge is -2.25. The number of para-hydroxylation sites is 2. The number of benzene rings is 4. The molecule has 0 saturated heterocycles. The van der Waals surface area contributed by atoms with E-state index in [1.54, 1.807) is 6.21 Å². The highest BCUT2D eigenvalue weighted by Crippen LogP contribution is 2.33. The van der Waals surface area contributed by atoms with Gasteiger partial charge in [-0.1, -0.05) is 60.7 Å².